The van der Waals surface area contributed by atoms with E-state index in [2.05, 4.69) is 25.9 Å². The van der Waals surface area contributed by atoms with E-state index in [1.165, 1.54) is 23.6 Å². The molecule has 0 radical (unpaired) electrons. The lowest BCUT2D eigenvalue weighted by Crippen LogP contribution is -2.71. The Morgan fingerprint density at radius 2 is 2.07 bits per heavy atom. The van der Waals surface area contributed by atoms with Crippen molar-refractivity contribution in [2.45, 2.75) is 32.2 Å². The minimum atomic E-state index is -4.53. The lowest BCUT2D eigenvalue weighted by Gasteiger charge is -2.52. The number of allylic oxidation sites excluding steroid dienone is 1. The van der Waals surface area contributed by atoms with Gasteiger partial charge >= 0.3 is 18.2 Å². The van der Waals surface area contributed by atoms with Crippen molar-refractivity contribution in [2.24, 2.45) is 16.3 Å². The molecule has 4 heterocycles. The number of carboxylic acids is 1. The summed E-state index contributed by atoms with van der Waals surface area (Å²) in [6, 6.07) is 5.25. The quantitative estimate of drug-likeness (QED) is 0.335. The van der Waals surface area contributed by atoms with Gasteiger partial charge < -0.3 is 20.6 Å². The Morgan fingerprint density at radius 3 is 2.76 bits per heavy atom. The SMILES string of the molecule is CCNC(=O)NC1(C2CNCCC2(C)C(=O)O)N=CC=CN1c1cc(-c2ccc(C(F)(F)F)cn2)c2scnc2c1. The second-order valence-corrected chi connectivity index (χ2v) is 10.9. The molecule has 3 aromatic rings. The highest BCUT2D eigenvalue weighted by atomic mass is 32.1. The zero-order valence-corrected chi connectivity index (χ0v) is 23.0. The zero-order valence-electron chi connectivity index (χ0n) is 22.2. The van der Waals surface area contributed by atoms with Crippen molar-refractivity contribution in [3.63, 3.8) is 0 Å². The van der Waals surface area contributed by atoms with Crippen LogP contribution in [0.5, 0.6) is 0 Å². The van der Waals surface area contributed by atoms with Crippen LogP contribution in [0.25, 0.3) is 21.5 Å². The van der Waals surface area contributed by atoms with Gasteiger partial charge in [-0.1, -0.05) is 0 Å². The number of aliphatic carboxylic acids is 1. The Kier molecular flexibility index (Phi) is 7.46. The Morgan fingerprint density at radius 1 is 1.27 bits per heavy atom. The third kappa shape index (κ3) is 5.12. The van der Waals surface area contributed by atoms with Crippen molar-refractivity contribution in [3.8, 4) is 11.3 Å². The molecule has 1 fully saturated rings. The van der Waals surface area contributed by atoms with E-state index in [0.29, 0.717) is 46.7 Å². The third-order valence-electron chi connectivity index (χ3n) is 7.57. The van der Waals surface area contributed by atoms with Gasteiger partial charge in [-0.05, 0) is 57.2 Å². The molecule has 2 aliphatic heterocycles. The molecule has 2 aromatic heterocycles. The first kappa shape index (κ1) is 28.5. The Hall–Kier alpha value is -4.04. The van der Waals surface area contributed by atoms with Gasteiger partial charge in [-0.15, -0.1) is 11.3 Å². The number of amides is 2. The van der Waals surface area contributed by atoms with Gasteiger partial charge in [0.15, 0.2) is 0 Å². The fourth-order valence-corrected chi connectivity index (χ4v) is 6.18. The predicted octanol–water partition coefficient (Wildman–Crippen LogP) is 4.45. The number of anilines is 1. The topological polar surface area (TPSA) is 132 Å². The van der Waals surface area contributed by atoms with Crippen LogP contribution in [0, 0.1) is 11.3 Å². The molecule has 1 saturated heterocycles. The van der Waals surface area contributed by atoms with Crippen LogP contribution < -0.4 is 20.9 Å². The molecule has 2 amide bonds. The number of carboxylic acid groups (broad SMARTS) is 1. The average Bonchev–Trinajstić information content (AvgIpc) is 3.41. The number of aliphatic imine (C=N–C) groups is 1. The molecule has 0 saturated carbocycles. The number of rotatable bonds is 6. The van der Waals surface area contributed by atoms with Gasteiger partial charge in [0.25, 0.3) is 0 Å². The molecule has 0 bridgehead atoms. The van der Waals surface area contributed by atoms with Gasteiger partial charge in [-0.3, -0.25) is 15.1 Å². The summed E-state index contributed by atoms with van der Waals surface area (Å²) in [4.78, 5) is 40.7. The largest absolute Gasteiger partial charge is 0.481 e. The van der Waals surface area contributed by atoms with Gasteiger partial charge in [-0.2, -0.15) is 13.2 Å². The number of pyridine rings is 1. The number of halogens is 3. The van der Waals surface area contributed by atoms with Crippen LogP contribution in [0.1, 0.15) is 25.8 Å². The third-order valence-corrected chi connectivity index (χ3v) is 8.44. The maximum absolute atomic E-state index is 13.2. The summed E-state index contributed by atoms with van der Waals surface area (Å²) < 4.78 is 40.3. The maximum atomic E-state index is 13.2. The highest BCUT2D eigenvalue weighted by molar-refractivity contribution is 7.17. The number of benzene rings is 1. The maximum Gasteiger partial charge on any atom is 0.417 e. The minimum absolute atomic E-state index is 0.239. The number of piperidine rings is 1. The standard InChI is InChI=1S/C27H28F3N7O3S/c1-3-32-24(40)36-27(21-14-31-9-7-25(21,2)23(38)39)35-8-4-10-37(27)17-11-18(22-20(12-17)34-15-41-22)19-6-5-16(13-33-19)26(28,29)30/h4-6,8,10-13,15,21,31H,3,7,9,14H2,1-2H3,(H,38,39)(H2,32,36,40). The van der Waals surface area contributed by atoms with Crippen LogP contribution in [-0.2, 0) is 11.0 Å². The van der Waals surface area contributed by atoms with Crippen molar-refractivity contribution in [1.82, 2.24) is 25.9 Å². The highest BCUT2D eigenvalue weighted by Gasteiger charge is 2.57. The molecule has 4 N–H and O–H groups in total. The van der Waals surface area contributed by atoms with E-state index < -0.39 is 40.9 Å². The number of thiazole rings is 1. The minimum Gasteiger partial charge on any atom is -0.481 e. The number of carbonyl (C=O) groups excluding carboxylic acids is 1. The number of aromatic nitrogens is 2. The van der Waals surface area contributed by atoms with Crippen molar-refractivity contribution in [1.29, 1.82) is 0 Å². The molecule has 1 aromatic carbocycles. The summed E-state index contributed by atoms with van der Waals surface area (Å²) in [6.07, 6.45) is 1.41. The normalized spacial score (nSPS) is 24.4. The second-order valence-electron chi connectivity index (χ2n) is 10.1. The summed E-state index contributed by atoms with van der Waals surface area (Å²) in [6.45, 7) is 4.45. The molecule has 0 aliphatic carbocycles. The molecular weight excluding hydrogens is 559 g/mol. The van der Waals surface area contributed by atoms with Crippen LogP contribution in [0.15, 0.2) is 53.2 Å². The second kappa shape index (κ2) is 10.7. The van der Waals surface area contributed by atoms with Gasteiger partial charge in [0.05, 0.1) is 38.3 Å². The number of alkyl halides is 3. The number of fused-ring (bicyclic) bond motifs is 1. The summed E-state index contributed by atoms with van der Waals surface area (Å²) in [7, 11) is 0. The number of nitrogens with one attached hydrogen (secondary N) is 3. The molecular formula is C27H28F3N7O3S. The number of hydrogen-bond acceptors (Lipinski definition) is 8. The van der Waals surface area contributed by atoms with Crippen molar-refractivity contribution < 1.29 is 27.9 Å². The first-order valence-corrected chi connectivity index (χ1v) is 13.8. The van der Waals surface area contributed by atoms with Crippen LogP contribution in [0.2, 0.25) is 0 Å². The van der Waals surface area contributed by atoms with Crippen molar-refractivity contribution in [2.75, 3.05) is 24.5 Å². The van der Waals surface area contributed by atoms with Crippen molar-refractivity contribution >= 4 is 45.5 Å². The summed E-state index contributed by atoms with van der Waals surface area (Å²) in [5.74, 6) is -3.34. The van der Waals surface area contributed by atoms with Crippen LogP contribution in [0.3, 0.4) is 0 Å². The zero-order chi connectivity index (χ0) is 29.4. The summed E-state index contributed by atoms with van der Waals surface area (Å²) >= 11 is 1.32. The van der Waals surface area contributed by atoms with Crippen LogP contribution >= 0.6 is 11.3 Å². The Bertz CT molecular complexity index is 1520. The fourth-order valence-electron chi connectivity index (χ4n) is 5.39. The lowest BCUT2D eigenvalue weighted by atomic mass is 9.68. The predicted molar refractivity (Wildman–Crippen MR) is 150 cm³/mol. The van der Waals surface area contributed by atoms with Crippen LogP contribution in [-0.4, -0.2) is 58.7 Å². The van der Waals surface area contributed by atoms with Gasteiger partial charge in [0.2, 0.25) is 5.79 Å². The van der Waals surface area contributed by atoms with E-state index in [9.17, 15) is 27.9 Å². The van der Waals surface area contributed by atoms with Crippen molar-refractivity contribution in [3.05, 3.63) is 53.8 Å². The summed E-state index contributed by atoms with van der Waals surface area (Å²) in [5.41, 5.74) is 1.37. The van der Waals surface area contributed by atoms with E-state index >= 15 is 0 Å². The first-order chi connectivity index (χ1) is 19.5. The van der Waals surface area contributed by atoms with E-state index in [1.54, 1.807) is 48.7 Å². The molecule has 3 atom stereocenters. The van der Waals surface area contributed by atoms with Gasteiger partial charge in [-0.25, -0.2) is 14.8 Å². The van der Waals surface area contributed by atoms with E-state index in [1.807, 2.05) is 0 Å². The van der Waals surface area contributed by atoms with E-state index in [4.69, 9.17) is 4.99 Å². The molecule has 216 valence electrons. The molecule has 10 nitrogen and oxygen atoms in total. The highest BCUT2D eigenvalue weighted by Crippen LogP contribution is 2.46. The molecule has 5 rings (SSSR count). The first-order valence-electron chi connectivity index (χ1n) is 12.9. The van der Waals surface area contributed by atoms with Gasteiger partial charge in [0, 0.05) is 43.0 Å². The van der Waals surface area contributed by atoms with Crippen LogP contribution in [0.4, 0.5) is 23.7 Å². The monoisotopic (exact) mass is 587 g/mol. The molecule has 41 heavy (non-hydrogen) atoms. The number of nitrogens with zero attached hydrogens (tertiary/aromatic N) is 4. The number of hydrogen-bond donors (Lipinski definition) is 4. The molecule has 2 aliphatic rings. The molecule has 0 spiro atoms. The average molecular weight is 588 g/mol. The molecule has 14 heteroatoms. The number of carbonyl (C=O) groups is 2. The van der Waals surface area contributed by atoms with E-state index in [-0.39, 0.29) is 6.54 Å². The summed E-state index contributed by atoms with van der Waals surface area (Å²) in [5, 5.41) is 19.3. The Balaban J connectivity index is 1.69. The fraction of sp³-hybridized carbons (Fsp3) is 0.370. The number of urea groups is 1. The molecule has 3 unspecified atom stereocenters. The Labute approximate surface area is 237 Å². The smallest absolute Gasteiger partial charge is 0.417 e. The van der Waals surface area contributed by atoms with Gasteiger partial charge in [0.1, 0.15) is 0 Å². The lowest BCUT2D eigenvalue weighted by molar-refractivity contribution is -0.155. The van der Waals surface area contributed by atoms with E-state index in [0.717, 1.165) is 12.3 Å².